The van der Waals surface area contributed by atoms with Gasteiger partial charge in [0, 0.05) is 12.7 Å². The zero-order chi connectivity index (χ0) is 13.7. The smallest absolute Gasteiger partial charge is 0.250 e. The molecule has 2 heterocycles. The van der Waals surface area contributed by atoms with Crippen molar-refractivity contribution >= 4 is 21.4 Å². The summed E-state index contributed by atoms with van der Waals surface area (Å²) in [4.78, 5) is 7.74. The summed E-state index contributed by atoms with van der Waals surface area (Å²) in [6.07, 6.45) is 2.96. The fourth-order valence-electron chi connectivity index (χ4n) is 1.45. The van der Waals surface area contributed by atoms with E-state index in [0.29, 0.717) is 16.4 Å². The van der Waals surface area contributed by atoms with Gasteiger partial charge in [-0.15, -0.1) is 11.3 Å². The highest BCUT2D eigenvalue weighted by Crippen LogP contribution is 2.20. The molecule has 0 bridgehead atoms. The molecule has 0 saturated carbocycles. The molecule has 6 nitrogen and oxygen atoms in total. The third kappa shape index (κ3) is 3.80. The number of aromatic nitrogens is 2. The number of nitrogens with zero attached hydrogens (tertiary/aromatic N) is 2. The van der Waals surface area contributed by atoms with Crippen LogP contribution < -0.4 is 10.0 Å². The molecule has 0 aromatic carbocycles. The van der Waals surface area contributed by atoms with E-state index in [4.69, 9.17) is 0 Å². The standard InChI is InChI=1S/C11H14N4O2S2/c1-12-5-9-4-11(18-7-9)19(16,17)15-6-10-2-3-13-8-14-10/h2-4,7-8,12,15H,5-6H2,1H3. The number of sulfonamides is 1. The Balaban J connectivity index is 2.05. The Morgan fingerprint density at radius 1 is 1.37 bits per heavy atom. The molecule has 0 atom stereocenters. The summed E-state index contributed by atoms with van der Waals surface area (Å²) in [5.74, 6) is 0. The van der Waals surface area contributed by atoms with Crippen LogP contribution in [0.25, 0.3) is 0 Å². The van der Waals surface area contributed by atoms with Gasteiger partial charge in [0.1, 0.15) is 10.5 Å². The van der Waals surface area contributed by atoms with Crippen molar-refractivity contribution < 1.29 is 8.42 Å². The van der Waals surface area contributed by atoms with Crippen LogP contribution in [0.15, 0.2) is 34.2 Å². The first-order valence-electron chi connectivity index (χ1n) is 5.58. The molecule has 0 aliphatic carbocycles. The highest BCUT2D eigenvalue weighted by atomic mass is 32.2. The highest BCUT2D eigenvalue weighted by molar-refractivity contribution is 7.91. The van der Waals surface area contributed by atoms with Gasteiger partial charge in [-0.1, -0.05) is 0 Å². The second-order valence-electron chi connectivity index (χ2n) is 3.83. The third-order valence-corrected chi connectivity index (χ3v) is 5.25. The molecule has 2 rings (SSSR count). The van der Waals surface area contributed by atoms with Gasteiger partial charge in [0.05, 0.1) is 12.2 Å². The maximum atomic E-state index is 12.1. The molecule has 8 heteroatoms. The van der Waals surface area contributed by atoms with Crippen molar-refractivity contribution in [3.63, 3.8) is 0 Å². The van der Waals surface area contributed by atoms with Crippen LogP contribution >= 0.6 is 11.3 Å². The lowest BCUT2D eigenvalue weighted by atomic mass is 10.3. The van der Waals surface area contributed by atoms with Crippen molar-refractivity contribution in [2.24, 2.45) is 0 Å². The SMILES string of the molecule is CNCc1csc(S(=O)(=O)NCc2ccncn2)c1. The number of nitrogens with one attached hydrogen (secondary N) is 2. The van der Waals surface area contributed by atoms with E-state index < -0.39 is 10.0 Å². The van der Waals surface area contributed by atoms with E-state index in [1.807, 2.05) is 12.4 Å². The summed E-state index contributed by atoms with van der Waals surface area (Å²) in [6.45, 7) is 0.808. The Labute approximate surface area is 116 Å². The van der Waals surface area contributed by atoms with Gasteiger partial charge in [-0.2, -0.15) is 0 Å². The van der Waals surface area contributed by atoms with Gasteiger partial charge in [0.25, 0.3) is 0 Å². The van der Waals surface area contributed by atoms with Crippen LogP contribution in [-0.2, 0) is 23.1 Å². The van der Waals surface area contributed by atoms with Gasteiger partial charge in [-0.25, -0.2) is 23.1 Å². The molecule has 0 amide bonds. The molecule has 0 radical (unpaired) electrons. The van der Waals surface area contributed by atoms with E-state index in [1.165, 1.54) is 17.7 Å². The van der Waals surface area contributed by atoms with Crippen LogP contribution in [0, 0.1) is 0 Å². The first kappa shape index (κ1) is 14.1. The molecule has 102 valence electrons. The van der Waals surface area contributed by atoms with E-state index in [2.05, 4.69) is 20.0 Å². The fraction of sp³-hybridized carbons (Fsp3) is 0.273. The molecule has 0 unspecified atom stereocenters. The second-order valence-corrected chi connectivity index (χ2v) is 6.73. The molecular weight excluding hydrogens is 284 g/mol. The Hall–Kier alpha value is -1.35. The predicted octanol–water partition coefficient (Wildman–Crippen LogP) is 0.736. The number of hydrogen-bond acceptors (Lipinski definition) is 6. The largest absolute Gasteiger partial charge is 0.316 e. The minimum Gasteiger partial charge on any atom is -0.316 e. The Morgan fingerprint density at radius 2 is 2.21 bits per heavy atom. The van der Waals surface area contributed by atoms with Gasteiger partial charge in [0.15, 0.2) is 0 Å². The fourth-order valence-corrected chi connectivity index (χ4v) is 3.71. The number of hydrogen-bond donors (Lipinski definition) is 2. The van der Waals surface area contributed by atoms with Gasteiger partial charge >= 0.3 is 0 Å². The second kappa shape index (κ2) is 6.20. The molecule has 2 aromatic rings. The molecular formula is C11H14N4O2S2. The Morgan fingerprint density at radius 3 is 2.89 bits per heavy atom. The van der Waals surface area contributed by atoms with E-state index in [0.717, 1.165) is 5.56 Å². The number of rotatable bonds is 6. The molecule has 0 aliphatic rings. The summed E-state index contributed by atoms with van der Waals surface area (Å²) >= 11 is 1.21. The van der Waals surface area contributed by atoms with Crippen molar-refractivity contribution in [2.45, 2.75) is 17.3 Å². The van der Waals surface area contributed by atoms with Crippen molar-refractivity contribution in [3.05, 3.63) is 41.3 Å². The zero-order valence-corrected chi connectivity index (χ0v) is 12.0. The van der Waals surface area contributed by atoms with Crippen LogP contribution in [-0.4, -0.2) is 25.4 Å². The van der Waals surface area contributed by atoms with Crippen LogP contribution in [0.1, 0.15) is 11.3 Å². The summed E-state index contributed by atoms with van der Waals surface area (Å²) < 4.78 is 26.9. The maximum Gasteiger partial charge on any atom is 0.250 e. The minimum atomic E-state index is -3.48. The summed E-state index contributed by atoms with van der Waals surface area (Å²) in [5, 5.41) is 4.81. The molecule has 19 heavy (non-hydrogen) atoms. The van der Waals surface area contributed by atoms with E-state index in [-0.39, 0.29) is 6.54 Å². The monoisotopic (exact) mass is 298 g/mol. The quantitative estimate of drug-likeness (QED) is 0.821. The van der Waals surface area contributed by atoms with Crippen molar-refractivity contribution in [2.75, 3.05) is 7.05 Å². The van der Waals surface area contributed by atoms with Crippen molar-refractivity contribution in [1.29, 1.82) is 0 Å². The van der Waals surface area contributed by atoms with E-state index in [9.17, 15) is 8.42 Å². The van der Waals surface area contributed by atoms with Gasteiger partial charge < -0.3 is 5.32 Å². The summed E-state index contributed by atoms with van der Waals surface area (Å²) in [7, 11) is -1.66. The van der Waals surface area contributed by atoms with Gasteiger partial charge in [-0.3, -0.25) is 0 Å². The van der Waals surface area contributed by atoms with Gasteiger partial charge in [-0.05, 0) is 30.1 Å². The van der Waals surface area contributed by atoms with Crippen molar-refractivity contribution in [3.8, 4) is 0 Å². The lowest BCUT2D eigenvalue weighted by Gasteiger charge is -2.03. The third-order valence-electron chi connectivity index (χ3n) is 2.36. The lowest BCUT2D eigenvalue weighted by molar-refractivity contribution is 0.582. The number of thiophene rings is 1. The van der Waals surface area contributed by atoms with Crippen molar-refractivity contribution in [1.82, 2.24) is 20.0 Å². The molecule has 0 aliphatic heterocycles. The average Bonchev–Trinajstić information content (AvgIpc) is 2.88. The summed E-state index contributed by atoms with van der Waals surface area (Å²) in [6, 6.07) is 3.34. The molecule has 0 saturated heterocycles. The first-order valence-corrected chi connectivity index (χ1v) is 7.94. The minimum absolute atomic E-state index is 0.157. The van der Waals surface area contributed by atoms with Gasteiger partial charge in [0.2, 0.25) is 10.0 Å². The van der Waals surface area contributed by atoms with Crippen LogP contribution in [0.2, 0.25) is 0 Å². The zero-order valence-electron chi connectivity index (χ0n) is 10.3. The van der Waals surface area contributed by atoms with Crippen LogP contribution in [0.4, 0.5) is 0 Å². The molecule has 0 spiro atoms. The van der Waals surface area contributed by atoms with Crippen LogP contribution in [0.3, 0.4) is 0 Å². The van der Waals surface area contributed by atoms with Crippen LogP contribution in [0.5, 0.6) is 0 Å². The maximum absolute atomic E-state index is 12.1. The molecule has 2 N–H and O–H groups in total. The lowest BCUT2D eigenvalue weighted by Crippen LogP contribution is -2.22. The Bertz CT molecular complexity index is 625. The highest BCUT2D eigenvalue weighted by Gasteiger charge is 2.16. The molecule has 2 aromatic heterocycles. The molecule has 0 fully saturated rings. The first-order chi connectivity index (χ1) is 9.12. The van der Waals surface area contributed by atoms with E-state index in [1.54, 1.807) is 18.3 Å². The summed E-state index contributed by atoms with van der Waals surface area (Å²) in [5.41, 5.74) is 1.58. The van der Waals surface area contributed by atoms with E-state index >= 15 is 0 Å². The Kier molecular flexibility index (Phi) is 4.59. The predicted molar refractivity (Wildman–Crippen MR) is 73.1 cm³/mol. The normalized spacial score (nSPS) is 11.6. The topological polar surface area (TPSA) is 84.0 Å². The average molecular weight is 298 g/mol.